The first kappa shape index (κ1) is 11.0. The van der Waals surface area contributed by atoms with Crippen LogP contribution in [0.5, 0.6) is 0 Å². The minimum absolute atomic E-state index is 0.0282. The highest BCUT2D eigenvalue weighted by Gasteiger charge is 2.46. The van der Waals surface area contributed by atoms with Crippen molar-refractivity contribution < 1.29 is 5.11 Å². The summed E-state index contributed by atoms with van der Waals surface area (Å²) in [6.07, 6.45) is 1.07. The first-order valence-corrected chi connectivity index (χ1v) is 6.57. The molecule has 1 unspecified atom stereocenters. The fraction of sp³-hybridized carbons (Fsp3) is 0.538. The molecule has 15 heavy (non-hydrogen) atoms. The van der Waals surface area contributed by atoms with Gasteiger partial charge in [0.2, 0.25) is 0 Å². The number of rotatable bonds is 1. The van der Waals surface area contributed by atoms with Crippen molar-refractivity contribution in [3.8, 4) is 0 Å². The van der Waals surface area contributed by atoms with E-state index in [1.54, 1.807) is 0 Å². The monoisotopic (exact) mass is 222 g/mol. The predicted molar refractivity (Wildman–Crippen MR) is 66.1 cm³/mol. The molecule has 0 bridgehead atoms. The van der Waals surface area contributed by atoms with E-state index in [0.717, 1.165) is 23.5 Å². The molecule has 0 radical (unpaired) electrons. The predicted octanol–water partition coefficient (Wildman–Crippen LogP) is 3.04. The van der Waals surface area contributed by atoms with Gasteiger partial charge >= 0.3 is 0 Å². The van der Waals surface area contributed by atoms with Crippen LogP contribution in [0.4, 0.5) is 0 Å². The fourth-order valence-corrected chi connectivity index (χ4v) is 3.79. The summed E-state index contributed by atoms with van der Waals surface area (Å²) >= 11 is 1.85. The van der Waals surface area contributed by atoms with E-state index in [0.29, 0.717) is 0 Å². The standard InChI is InChI=1S/C13H18OS/c1-12(2)8-9-15-10-13(12,14)11-6-4-3-5-7-11/h3-7,14H,8-10H2,1-2H3. The van der Waals surface area contributed by atoms with Crippen LogP contribution < -0.4 is 0 Å². The van der Waals surface area contributed by atoms with Gasteiger partial charge in [-0.15, -0.1) is 0 Å². The lowest BCUT2D eigenvalue weighted by atomic mass is 9.70. The van der Waals surface area contributed by atoms with Crippen LogP contribution in [0.25, 0.3) is 0 Å². The van der Waals surface area contributed by atoms with Gasteiger partial charge < -0.3 is 5.11 Å². The van der Waals surface area contributed by atoms with E-state index in [2.05, 4.69) is 13.8 Å². The second kappa shape index (κ2) is 3.84. The third-order valence-corrected chi connectivity index (χ3v) is 4.67. The fourth-order valence-electron chi connectivity index (χ4n) is 2.14. The molecule has 1 fully saturated rings. The Morgan fingerprint density at radius 3 is 2.47 bits per heavy atom. The van der Waals surface area contributed by atoms with E-state index in [-0.39, 0.29) is 5.41 Å². The zero-order valence-electron chi connectivity index (χ0n) is 9.36. The normalized spacial score (nSPS) is 30.1. The zero-order chi connectivity index (χ0) is 10.9. The molecule has 1 aromatic carbocycles. The molecule has 2 rings (SSSR count). The Hall–Kier alpha value is -0.470. The highest BCUT2D eigenvalue weighted by molar-refractivity contribution is 7.99. The summed E-state index contributed by atoms with van der Waals surface area (Å²) in [6, 6.07) is 10.1. The first-order chi connectivity index (χ1) is 7.06. The minimum atomic E-state index is -0.669. The number of thioether (sulfide) groups is 1. The van der Waals surface area contributed by atoms with Crippen molar-refractivity contribution in [1.82, 2.24) is 0 Å². The zero-order valence-corrected chi connectivity index (χ0v) is 10.2. The van der Waals surface area contributed by atoms with Crippen LogP contribution in [0, 0.1) is 5.41 Å². The average molecular weight is 222 g/mol. The van der Waals surface area contributed by atoms with E-state index >= 15 is 0 Å². The molecule has 1 atom stereocenters. The van der Waals surface area contributed by atoms with Crippen molar-refractivity contribution in [2.75, 3.05) is 11.5 Å². The molecule has 2 heteroatoms. The van der Waals surface area contributed by atoms with Crippen molar-refractivity contribution in [2.24, 2.45) is 5.41 Å². The Balaban J connectivity index is 2.40. The maximum Gasteiger partial charge on any atom is 0.104 e. The quantitative estimate of drug-likeness (QED) is 0.788. The van der Waals surface area contributed by atoms with Gasteiger partial charge in [-0.2, -0.15) is 11.8 Å². The molecule has 1 N–H and O–H groups in total. The highest BCUT2D eigenvalue weighted by atomic mass is 32.2. The summed E-state index contributed by atoms with van der Waals surface area (Å²) < 4.78 is 0. The van der Waals surface area contributed by atoms with Gasteiger partial charge in [-0.05, 0) is 23.2 Å². The molecule has 0 aromatic heterocycles. The largest absolute Gasteiger partial charge is 0.384 e. The summed E-state index contributed by atoms with van der Waals surface area (Å²) in [4.78, 5) is 0. The van der Waals surface area contributed by atoms with Gasteiger partial charge in [0.15, 0.2) is 0 Å². The Kier molecular flexibility index (Phi) is 2.82. The molecule has 0 saturated carbocycles. The molecule has 1 nitrogen and oxygen atoms in total. The van der Waals surface area contributed by atoms with E-state index in [1.165, 1.54) is 0 Å². The SMILES string of the molecule is CC1(C)CCSCC1(O)c1ccccc1. The maximum absolute atomic E-state index is 10.8. The van der Waals surface area contributed by atoms with Crippen molar-refractivity contribution in [3.63, 3.8) is 0 Å². The van der Waals surface area contributed by atoms with Crippen LogP contribution in [-0.2, 0) is 5.60 Å². The highest BCUT2D eigenvalue weighted by Crippen LogP contribution is 2.48. The average Bonchev–Trinajstić information content (AvgIpc) is 2.24. The van der Waals surface area contributed by atoms with Gasteiger partial charge in [0.1, 0.15) is 5.60 Å². The third-order valence-electron chi connectivity index (χ3n) is 3.55. The lowest BCUT2D eigenvalue weighted by Gasteiger charge is -2.46. The van der Waals surface area contributed by atoms with Crippen LogP contribution in [-0.4, -0.2) is 16.6 Å². The molecule has 0 amide bonds. The van der Waals surface area contributed by atoms with Crippen molar-refractivity contribution >= 4 is 11.8 Å². The number of hydrogen-bond acceptors (Lipinski definition) is 2. The number of hydrogen-bond donors (Lipinski definition) is 1. The van der Waals surface area contributed by atoms with E-state index in [9.17, 15) is 5.11 Å². The Bertz CT molecular complexity index is 334. The molecule has 1 aliphatic rings. The Morgan fingerprint density at radius 2 is 1.87 bits per heavy atom. The van der Waals surface area contributed by atoms with Gasteiger partial charge in [0.05, 0.1) is 0 Å². The molecule has 0 aliphatic carbocycles. The van der Waals surface area contributed by atoms with E-state index < -0.39 is 5.60 Å². The van der Waals surface area contributed by atoms with Crippen LogP contribution in [0.2, 0.25) is 0 Å². The third kappa shape index (κ3) is 1.81. The smallest absolute Gasteiger partial charge is 0.104 e. The van der Waals surface area contributed by atoms with Gasteiger partial charge in [0.25, 0.3) is 0 Å². The van der Waals surface area contributed by atoms with Gasteiger partial charge in [0, 0.05) is 5.75 Å². The van der Waals surface area contributed by atoms with Gasteiger partial charge in [-0.3, -0.25) is 0 Å². The van der Waals surface area contributed by atoms with Crippen LogP contribution in [0.3, 0.4) is 0 Å². The summed E-state index contributed by atoms with van der Waals surface area (Å²) in [5.41, 5.74) is 0.360. The number of aliphatic hydroxyl groups is 1. The summed E-state index contributed by atoms with van der Waals surface area (Å²) in [6.45, 7) is 4.33. The lowest BCUT2D eigenvalue weighted by Crippen LogP contribution is -2.47. The Labute approximate surface area is 95.9 Å². The molecule has 0 spiro atoms. The minimum Gasteiger partial charge on any atom is -0.384 e. The molecule has 1 aliphatic heterocycles. The van der Waals surface area contributed by atoms with Crippen LogP contribution >= 0.6 is 11.8 Å². The molecule has 1 aromatic rings. The molecular formula is C13H18OS. The van der Waals surface area contributed by atoms with E-state index in [4.69, 9.17) is 0 Å². The van der Waals surface area contributed by atoms with Crippen molar-refractivity contribution in [2.45, 2.75) is 25.9 Å². The first-order valence-electron chi connectivity index (χ1n) is 5.42. The summed E-state index contributed by atoms with van der Waals surface area (Å²) in [5, 5.41) is 10.8. The Morgan fingerprint density at radius 1 is 1.20 bits per heavy atom. The lowest BCUT2D eigenvalue weighted by molar-refractivity contribution is -0.0578. The van der Waals surface area contributed by atoms with E-state index in [1.807, 2.05) is 42.1 Å². The summed E-state index contributed by atoms with van der Waals surface area (Å²) in [7, 11) is 0. The maximum atomic E-state index is 10.8. The molecule has 1 heterocycles. The molecule has 82 valence electrons. The second-order valence-corrected chi connectivity index (χ2v) is 6.02. The van der Waals surface area contributed by atoms with Crippen molar-refractivity contribution in [3.05, 3.63) is 35.9 Å². The van der Waals surface area contributed by atoms with Gasteiger partial charge in [-0.1, -0.05) is 44.2 Å². The molecular weight excluding hydrogens is 204 g/mol. The van der Waals surface area contributed by atoms with Crippen LogP contribution in [0.1, 0.15) is 25.8 Å². The summed E-state index contributed by atoms with van der Waals surface area (Å²) in [5.74, 6) is 1.96. The topological polar surface area (TPSA) is 20.2 Å². The van der Waals surface area contributed by atoms with Crippen LogP contribution in [0.15, 0.2) is 30.3 Å². The number of benzene rings is 1. The molecule has 1 saturated heterocycles. The van der Waals surface area contributed by atoms with Gasteiger partial charge in [-0.25, -0.2) is 0 Å². The second-order valence-electron chi connectivity index (χ2n) is 4.91. The van der Waals surface area contributed by atoms with Crippen molar-refractivity contribution in [1.29, 1.82) is 0 Å².